The summed E-state index contributed by atoms with van der Waals surface area (Å²) >= 11 is 0. The highest BCUT2D eigenvalue weighted by molar-refractivity contribution is 5.12. The predicted molar refractivity (Wildman–Crippen MR) is 42.9 cm³/mol. The Labute approximate surface area is 62.5 Å². The Morgan fingerprint density at radius 3 is 2.80 bits per heavy atom. The van der Waals surface area contributed by atoms with Gasteiger partial charge in [0.15, 0.2) is 0 Å². The van der Waals surface area contributed by atoms with Crippen LogP contribution in [0.4, 0.5) is 0 Å². The lowest BCUT2D eigenvalue weighted by Gasteiger charge is -2.17. The van der Waals surface area contributed by atoms with Crippen LogP contribution in [0.25, 0.3) is 0 Å². The van der Waals surface area contributed by atoms with Crippen molar-refractivity contribution in [3.05, 3.63) is 11.6 Å². The molecule has 0 radical (unpaired) electrons. The molecular formula is C9H15N. The zero-order valence-corrected chi connectivity index (χ0v) is 6.40. The molecule has 1 atom stereocenters. The van der Waals surface area contributed by atoms with Gasteiger partial charge in [0.1, 0.15) is 0 Å². The van der Waals surface area contributed by atoms with Crippen molar-refractivity contribution in [2.45, 2.75) is 25.7 Å². The van der Waals surface area contributed by atoms with Crippen molar-refractivity contribution >= 4 is 0 Å². The lowest BCUT2D eigenvalue weighted by Crippen LogP contribution is -2.08. The maximum absolute atomic E-state index is 3.38. The molecule has 1 heterocycles. The smallest absolute Gasteiger partial charge is 0.00147 e. The Balaban J connectivity index is 1.87. The molecule has 1 nitrogen and oxygen atoms in total. The minimum atomic E-state index is 0.871. The summed E-state index contributed by atoms with van der Waals surface area (Å²) in [5.41, 5.74) is 1.72. The Morgan fingerprint density at radius 1 is 1.40 bits per heavy atom. The Bertz CT molecular complexity index is 137. The van der Waals surface area contributed by atoms with Crippen LogP contribution in [0, 0.1) is 5.92 Å². The van der Waals surface area contributed by atoms with Gasteiger partial charge in [-0.05, 0) is 38.1 Å². The summed E-state index contributed by atoms with van der Waals surface area (Å²) in [4.78, 5) is 0. The van der Waals surface area contributed by atoms with Crippen LogP contribution in [0.2, 0.25) is 0 Å². The van der Waals surface area contributed by atoms with Crippen molar-refractivity contribution in [1.29, 1.82) is 0 Å². The van der Waals surface area contributed by atoms with Gasteiger partial charge in [-0.15, -0.1) is 0 Å². The van der Waals surface area contributed by atoms with Gasteiger partial charge >= 0.3 is 0 Å². The molecule has 1 aliphatic heterocycles. The SMILES string of the molecule is C(=C1CCC1)C1CCNC1. The molecule has 0 aromatic rings. The second-order valence-corrected chi connectivity index (χ2v) is 3.43. The minimum Gasteiger partial charge on any atom is -0.316 e. The van der Waals surface area contributed by atoms with E-state index >= 15 is 0 Å². The van der Waals surface area contributed by atoms with Crippen LogP contribution < -0.4 is 5.32 Å². The molecule has 1 aliphatic carbocycles. The topological polar surface area (TPSA) is 12.0 Å². The first-order valence-electron chi connectivity index (χ1n) is 4.35. The molecule has 10 heavy (non-hydrogen) atoms. The molecule has 2 aliphatic rings. The third kappa shape index (κ3) is 1.24. The lowest BCUT2D eigenvalue weighted by atomic mass is 9.89. The predicted octanol–water partition coefficient (Wildman–Crippen LogP) is 1.71. The summed E-state index contributed by atoms with van der Waals surface area (Å²) < 4.78 is 0. The Morgan fingerprint density at radius 2 is 2.30 bits per heavy atom. The van der Waals surface area contributed by atoms with E-state index in [1.807, 2.05) is 0 Å². The first-order valence-corrected chi connectivity index (χ1v) is 4.35. The second-order valence-electron chi connectivity index (χ2n) is 3.43. The summed E-state index contributed by atoms with van der Waals surface area (Å²) in [6.07, 6.45) is 8.08. The summed E-state index contributed by atoms with van der Waals surface area (Å²) in [5.74, 6) is 0.871. The number of allylic oxidation sites excluding steroid dienone is 1. The van der Waals surface area contributed by atoms with Crippen molar-refractivity contribution in [2.24, 2.45) is 5.92 Å². The third-order valence-corrected chi connectivity index (χ3v) is 2.57. The molecule has 0 amide bonds. The quantitative estimate of drug-likeness (QED) is 0.542. The van der Waals surface area contributed by atoms with Crippen LogP contribution in [0.3, 0.4) is 0 Å². The highest BCUT2D eigenvalue weighted by Crippen LogP contribution is 2.27. The van der Waals surface area contributed by atoms with Gasteiger partial charge in [-0.2, -0.15) is 0 Å². The summed E-state index contributed by atoms with van der Waals surface area (Å²) in [6.45, 7) is 2.46. The van der Waals surface area contributed by atoms with E-state index in [1.165, 1.54) is 38.8 Å². The van der Waals surface area contributed by atoms with E-state index in [0.717, 1.165) is 5.92 Å². The standard InChI is InChI=1S/C9H15N/c1-2-8(3-1)6-9-4-5-10-7-9/h6,9-10H,1-5,7H2. The average Bonchev–Trinajstić information content (AvgIpc) is 2.29. The van der Waals surface area contributed by atoms with Crippen LogP contribution in [0.15, 0.2) is 11.6 Å². The number of nitrogens with one attached hydrogen (secondary N) is 1. The van der Waals surface area contributed by atoms with Crippen molar-refractivity contribution in [3.63, 3.8) is 0 Å². The minimum absolute atomic E-state index is 0.871. The monoisotopic (exact) mass is 137 g/mol. The maximum Gasteiger partial charge on any atom is 0.00147 e. The molecule has 2 fully saturated rings. The molecule has 56 valence electrons. The van der Waals surface area contributed by atoms with E-state index in [4.69, 9.17) is 0 Å². The fourth-order valence-electron chi connectivity index (χ4n) is 1.70. The Kier molecular flexibility index (Phi) is 1.76. The van der Waals surface area contributed by atoms with Gasteiger partial charge < -0.3 is 5.32 Å². The van der Waals surface area contributed by atoms with E-state index in [-0.39, 0.29) is 0 Å². The van der Waals surface area contributed by atoms with Gasteiger partial charge in [0, 0.05) is 6.54 Å². The summed E-state index contributed by atoms with van der Waals surface area (Å²) in [6, 6.07) is 0. The lowest BCUT2D eigenvalue weighted by molar-refractivity contribution is 0.627. The van der Waals surface area contributed by atoms with Crippen molar-refractivity contribution in [2.75, 3.05) is 13.1 Å². The highest BCUT2D eigenvalue weighted by Gasteiger charge is 2.15. The largest absolute Gasteiger partial charge is 0.316 e. The Hall–Kier alpha value is -0.300. The van der Waals surface area contributed by atoms with Crippen molar-refractivity contribution in [3.8, 4) is 0 Å². The van der Waals surface area contributed by atoms with Crippen LogP contribution in [0.5, 0.6) is 0 Å². The number of hydrogen-bond donors (Lipinski definition) is 1. The number of rotatable bonds is 1. The van der Waals surface area contributed by atoms with Crippen molar-refractivity contribution < 1.29 is 0 Å². The fraction of sp³-hybridized carbons (Fsp3) is 0.778. The molecule has 0 bridgehead atoms. The molecule has 1 unspecified atom stereocenters. The van der Waals surface area contributed by atoms with E-state index in [1.54, 1.807) is 5.57 Å². The molecule has 2 rings (SSSR count). The van der Waals surface area contributed by atoms with Crippen LogP contribution in [0.1, 0.15) is 25.7 Å². The zero-order valence-electron chi connectivity index (χ0n) is 6.40. The van der Waals surface area contributed by atoms with Gasteiger partial charge in [0.25, 0.3) is 0 Å². The van der Waals surface area contributed by atoms with Gasteiger partial charge in [-0.3, -0.25) is 0 Å². The zero-order chi connectivity index (χ0) is 6.81. The van der Waals surface area contributed by atoms with Gasteiger partial charge in [-0.25, -0.2) is 0 Å². The van der Waals surface area contributed by atoms with Crippen LogP contribution >= 0.6 is 0 Å². The molecule has 1 saturated carbocycles. The van der Waals surface area contributed by atoms with Crippen LogP contribution in [-0.2, 0) is 0 Å². The first-order chi connectivity index (χ1) is 4.95. The molecule has 1 N–H and O–H groups in total. The van der Waals surface area contributed by atoms with E-state index in [9.17, 15) is 0 Å². The van der Waals surface area contributed by atoms with Gasteiger partial charge in [0.05, 0.1) is 0 Å². The highest BCUT2D eigenvalue weighted by atomic mass is 14.9. The molecular weight excluding hydrogens is 122 g/mol. The fourth-order valence-corrected chi connectivity index (χ4v) is 1.70. The third-order valence-electron chi connectivity index (χ3n) is 2.57. The van der Waals surface area contributed by atoms with Gasteiger partial charge in [-0.1, -0.05) is 11.6 Å². The van der Waals surface area contributed by atoms with Crippen LogP contribution in [-0.4, -0.2) is 13.1 Å². The molecule has 0 aromatic heterocycles. The first kappa shape index (κ1) is 6.41. The maximum atomic E-state index is 3.38. The molecule has 1 heteroatoms. The molecule has 1 saturated heterocycles. The second kappa shape index (κ2) is 2.75. The summed E-state index contributed by atoms with van der Waals surface area (Å²) in [5, 5.41) is 3.38. The molecule has 0 spiro atoms. The van der Waals surface area contributed by atoms with E-state index in [2.05, 4.69) is 11.4 Å². The average molecular weight is 137 g/mol. The van der Waals surface area contributed by atoms with E-state index < -0.39 is 0 Å². The van der Waals surface area contributed by atoms with Crippen molar-refractivity contribution in [1.82, 2.24) is 5.32 Å². The van der Waals surface area contributed by atoms with Gasteiger partial charge in [0.2, 0.25) is 0 Å². The number of hydrogen-bond acceptors (Lipinski definition) is 1. The normalized spacial score (nSPS) is 32.0. The van der Waals surface area contributed by atoms with E-state index in [0.29, 0.717) is 0 Å². The molecule has 0 aromatic carbocycles. The summed E-state index contributed by atoms with van der Waals surface area (Å²) in [7, 11) is 0.